The van der Waals surface area contributed by atoms with Gasteiger partial charge in [-0.15, -0.1) is 0 Å². The van der Waals surface area contributed by atoms with Crippen LogP contribution in [0.2, 0.25) is 0 Å². The van der Waals surface area contributed by atoms with E-state index in [1.807, 2.05) is 0 Å². The lowest BCUT2D eigenvalue weighted by atomic mass is 10.5. The molecule has 0 aliphatic carbocycles. The maximum Gasteiger partial charge on any atom is 0.173 e. The number of rotatable bonds is 4. The van der Waals surface area contributed by atoms with E-state index < -0.39 is 0 Å². The Morgan fingerprint density at radius 3 is 2.85 bits per heavy atom. The summed E-state index contributed by atoms with van der Waals surface area (Å²) in [5, 5.41) is 3.10. The van der Waals surface area contributed by atoms with E-state index in [1.54, 1.807) is 14.2 Å². The summed E-state index contributed by atoms with van der Waals surface area (Å²) >= 11 is 0. The van der Waals surface area contributed by atoms with Crippen molar-refractivity contribution < 1.29 is 14.2 Å². The molecule has 5 nitrogen and oxygen atoms in total. The molecule has 0 amide bonds. The van der Waals surface area contributed by atoms with Gasteiger partial charge in [-0.2, -0.15) is 0 Å². The van der Waals surface area contributed by atoms with E-state index in [4.69, 9.17) is 14.2 Å². The molecule has 0 radical (unpaired) electrons. The Morgan fingerprint density at radius 1 is 1.54 bits per heavy atom. The predicted molar refractivity (Wildman–Crippen MR) is 48.9 cm³/mol. The van der Waals surface area contributed by atoms with Crippen molar-refractivity contribution in [3.05, 3.63) is 0 Å². The molecule has 0 atom stereocenters. The fourth-order valence-electron chi connectivity index (χ4n) is 1.03. The van der Waals surface area contributed by atoms with Crippen molar-refractivity contribution in [1.29, 1.82) is 0 Å². The van der Waals surface area contributed by atoms with Crippen molar-refractivity contribution >= 4 is 5.84 Å². The number of hydrogen-bond donors (Lipinski definition) is 1. The lowest BCUT2D eigenvalue weighted by Gasteiger charge is -2.18. The highest BCUT2D eigenvalue weighted by Crippen LogP contribution is 1.91. The van der Waals surface area contributed by atoms with Gasteiger partial charge in [0.25, 0.3) is 0 Å². The van der Waals surface area contributed by atoms with Crippen LogP contribution < -0.4 is 5.32 Å². The zero-order chi connectivity index (χ0) is 9.52. The van der Waals surface area contributed by atoms with Gasteiger partial charge in [0.2, 0.25) is 0 Å². The minimum atomic E-state index is -0.232. The van der Waals surface area contributed by atoms with Crippen LogP contribution in [0, 0.1) is 0 Å². The molecule has 0 spiro atoms. The van der Waals surface area contributed by atoms with Gasteiger partial charge >= 0.3 is 0 Å². The average molecular weight is 188 g/mol. The summed E-state index contributed by atoms with van der Waals surface area (Å²) in [6, 6.07) is 0. The van der Waals surface area contributed by atoms with Gasteiger partial charge in [0, 0.05) is 14.2 Å². The summed E-state index contributed by atoms with van der Waals surface area (Å²) in [6.07, 6.45) is -0.232. The van der Waals surface area contributed by atoms with E-state index in [1.165, 1.54) is 0 Å². The summed E-state index contributed by atoms with van der Waals surface area (Å²) in [6.45, 7) is 2.59. The van der Waals surface area contributed by atoms with Crippen LogP contribution in [0.4, 0.5) is 0 Å². The molecule has 0 aromatic carbocycles. The van der Waals surface area contributed by atoms with E-state index in [0.29, 0.717) is 19.8 Å². The van der Waals surface area contributed by atoms with E-state index in [9.17, 15) is 0 Å². The Balaban J connectivity index is 2.20. The van der Waals surface area contributed by atoms with Crippen LogP contribution in [0.5, 0.6) is 0 Å². The third-order valence-corrected chi connectivity index (χ3v) is 1.78. The third kappa shape index (κ3) is 3.71. The summed E-state index contributed by atoms with van der Waals surface area (Å²) in [4.78, 5) is 4.24. The zero-order valence-electron chi connectivity index (χ0n) is 8.08. The number of nitrogens with zero attached hydrogens (tertiary/aromatic N) is 1. The van der Waals surface area contributed by atoms with Crippen LogP contribution in [0.15, 0.2) is 4.99 Å². The maximum atomic E-state index is 5.21. The van der Waals surface area contributed by atoms with Gasteiger partial charge in [-0.05, 0) is 0 Å². The third-order valence-electron chi connectivity index (χ3n) is 1.78. The smallest absolute Gasteiger partial charge is 0.173 e. The largest absolute Gasteiger partial charge is 0.372 e. The predicted octanol–water partition coefficient (Wildman–Crippen LogP) is -0.376. The van der Waals surface area contributed by atoms with Gasteiger partial charge in [-0.1, -0.05) is 0 Å². The van der Waals surface area contributed by atoms with Crippen LogP contribution in [0.25, 0.3) is 0 Å². The van der Waals surface area contributed by atoms with Crippen molar-refractivity contribution in [1.82, 2.24) is 5.32 Å². The highest BCUT2D eigenvalue weighted by Gasteiger charge is 2.08. The van der Waals surface area contributed by atoms with E-state index in [0.717, 1.165) is 12.4 Å². The molecular formula is C8H16N2O3. The number of nitrogens with one attached hydrogen (secondary N) is 1. The fraction of sp³-hybridized carbons (Fsp3) is 0.875. The lowest BCUT2D eigenvalue weighted by molar-refractivity contribution is -0.0967. The molecule has 1 heterocycles. The van der Waals surface area contributed by atoms with Gasteiger partial charge in [0.05, 0.1) is 19.7 Å². The molecule has 0 unspecified atom stereocenters. The summed E-state index contributed by atoms with van der Waals surface area (Å²) in [7, 11) is 3.21. The fourth-order valence-corrected chi connectivity index (χ4v) is 1.03. The molecule has 1 aliphatic rings. The van der Waals surface area contributed by atoms with Gasteiger partial charge in [0.15, 0.2) is 6.29 Å². The Kier molecular flexibility index (Phi) is 4.74. The Morgan fingerprint density at radius 2 is 2.31 bits per heavy atom. The van der Waals surface area contributed by atoms with Gasteiger partial charge < -0.3 is 19.5 Å². The van der Waals surface area contributed by atoms with E-state index in [-0.39, 0.29) is 6.29 Å². The number of amidine groups is 1. The minimum Gasteiger partial charge on any atom is -0.372 e. The SMILES string of the molecule is COC(CNC1=NCCOC1)OC. The molecular weight excluding hydrogens is 172 g/mol. The van der Waals surface area contributed by atoms with Crippen LogP contribution in [0.3, 0.4) is 0 Å². The molecule has 76 valence electrons. The Hall–Kier alpha value is -0.650. The number of ether oxygens (including phenoxy) is 3. The zero-order valence-corrected chi connectivity index (χ0v) is 8.08. The Bertz CT molecular complexity index is 169. The molecule has 13 heavy (non-hydrogen) atoms. The second-order valence-corrected chi connectivity index (χ2v) is 2.66. The first-order valence-electron chi connectivity index (χ1n) is 4.27. The lowest BCUT2D eigenvalue weighted by Crippen LogP contribution is -2.38. The molecule has 1 N–H and O–H groups in total. The van der Waals surface area contributed by atoms with Gasteiger partial charge in [-0.25, -0.2) is 0 Å². The second kappa shape index (κ2) is 5.90. The molecule has 0 aromatic rings. The molecule has 0 aromatic heterocycles. The highest BCUT2D eigenvalue weighted by atomic mass is 16.7. The number of methoxy groups -OCH3 is 2. The summed E-state index contributed by atoms with van der Waals surface area (Å²) in [5.41, 5.74) is 0. The quantitative estimate of drug-likeness (QED) is 0.611. The normalized spacial score (nSPS) is 17.3. The average Bonchev–Trinajstić information content (AvgIpc) is 2.21. The standard InChI is InChI=1S/C8H16N2O3/c1-11-8(12-2)5-10-7-6-13-4-3-9-7/h8H,3-6H2,1-2H3,(H,9,10). The molecule has 0 fully saturated rings. The number of hydrogen-bond acceptors (Lipinski definition) is 5. The topological polar surface area (TPSA) is 52.1 Å². The molecule has 1 rings (SSSR count). The van der Waals surface area contributed by atoms with Gasteiger partial charge in [0.1, 0.15) is 12.4 Å². The van der Waals surface area contributed by atoms with Crippen LogP contribution in [0.1, 0.15) is 0 Å². The molecule has 0 bridgehead atoms. The molecule has 1 aliphatic heterocycles. The van der Waals surface area contributed by atoms with Crippen molar-refractivity contribution in [2.75, 3.05) is 40.5 Å². The van der Waals surface area contributed by atoms with E-state index in [2.05, 4.69) is 10.3 Å². The first-order chi connectivity index (χ1) is 6.36. The molecule has 0 saturated carbocycles. The van der Waals surface area contributed by atoms with Gasteiger partial charge in [-0.3, -0.25) is 4.99 Å². The Labute approximate surface area is 78.1 Å². The van der Waals surface area contributed by atoms with Crippen molar-refractivity contribution in [2.45, 2.75) is 6.29 Å². The molecule has 5 heteroatoms. The van der Waals surface area contributed by atoms with Crippen molar-refractivity contribution in [3.63, 3.8) is 0 Å². The maximum absolute atomic E-state index is 5.21. The van der Waals surface area contributed by atoms with Crippen LogP contribution >= 0.6 is 0 Å². The van der Waals surface area contributed by atoms with Crippen LogP contribution in [-0.2, 0) is 14.2 Å². The number of aliphatic imine (C=N–C) groups is 1. The highest BCUT2D eigenvalue weighted by molar-refractivity contribution is 5.83. The second-order valence-electron chi connectivity index (χ2n) is 2.66. The van der Waals surface area contributed by atoms with Crippen molar-refractivity contribution in [3.8, 4) is 0 Å². The monoisotopic (exact) mass is 188 g/mol. The van der Waals surface area contributed by atoms with E-state index >= 15 is 0 Å². The van der Waals surface area contributed by atoms with Crippen LogP contribution in [-0.4, -0.2) is 52.6 Å². The van der Waals surface area contributed by atoms with Crippen molar-refractivity contribution in [2.24, 2.45) is 4.99 Å². The first kappa shape index (κ1) is 10.4. The molecule has 0 saturated heterocycles. The minimum absolute atomic E-state index is 0.232. The summed E-state index contributed by atoms with van der Waals surface area (Å²) < 4.78 is 15.2. The summed E-state index contributed by atoms with van der Waals surface area (Å²) in [5.74, 6) is 0.866. The first-order valence-corrected chi connectivity index (χ1v) is 4.27.